The fourth-order valence-corrected chi connectivity index (χ4v) is 1.74. The maximum absolute atomic E-state index is 5.60. The number of aromatic nitrogens is 1. The highest BCUT2D eigenvalue weighted by Gasteiger charge is 2.12. The lowest BCUT2D eigenvalue weighted by Crippen LogP contribution is -1.97. The van der Waals surface area contributed by atoms with Crippen molar-refractivity contribution in [2.45, 2.75) is 6.42 Å². The van der Waals surface area contributed by atoms with Crippen molar-refractivity contribution in [1.82, 2.24) is 4.98 Å². The van der Waals surface area contributed by atoms with Gasteiger partial charge in [0.2, 0.25) is 0 Å². The Hall–Kier alpha value is -2.17. The van der Waals surface area contributed by atoms with Gasteiger partial charge in [0.15, 0.2) is 11.5 Å². The average molecular weight is 232 g/mol. The Labute approximate surface area is 98.2 Å². The van der Waals surface area contributed by atoms with Gasteiger partial charge in [0.1, 0.15) is 12.0 Å². The lowest BCUT2D eigenvalue weighted by molar-refractivity contribution is 0.297. The van der Waals surface area contributed by atoms with Gasteiger partial charge in [0, 0.05) is 12.0 Å². The second-order valence-electron chi connectivity index (χ2n) is 3.78. The molecule has 2 heterocycles. The van der Waals surface area contributed by atoms with Crippen LogP contribution in [0.1, 0.15) is 6.42 Å². The average Bonchev–Trinajstić information content (AvgIpc) is 2.64. The Balaban J connectivity index is 2.00. The summed E-state index contributed by atoms with van der Waals surface area (Å²) in [5.74, 6) is 1.50. The van der Waals surface area contributed by atoms with E-state index in [2.05, 4.69) is 4.98 Å². The number of hydrogen-bond acceptors (Lipinski definition) is 5. The lowest BCUT2D eigenvalue weighted by atomic mass is 10.1. The lowest BCUT2D eigenvalue weighted by Gasteiger charge is -2.07. The van der Waals surface area contributed by atoms with Crippen LogP contribution in [0.25, 0.3) is 11.3 Å². The smallest absolute Gasteiger partial charge is 0.292 e. The number of benzene rings is 1. The van der Waals surface area contributed by atoms with Crippen LogP contribution in [0, 0.1) is 0 Å². The summed E-state index contributed by atoms with van der Waals surface area (Å²) in [4.78, 5) is 4.07. The van der Waals surface area contributed by atoms with Gasteiger partial charge >= 0.3 is 0 Å². The quantitative estimate of drug-likeness (QED) is 0.815. The summed E-state index contributed by atoms with van der Waals surface area (Å²) in [6.07, 6.45) is 2.41. The van der Waals surface area contributed by atoms with Gasteiger partial charge in [-0.3, -0.25) is 0 Å². The van der Waals surface area contributed by atoms with Crippen molar-refractivity contribution in [3.63, 3.8) is 0 Å². The molecule has 0 amide bonds. The molecular formula is C12H12N2O3. The van der Waals surface area contributed by atoms with Crippen LogP contribution in [0.3, 0.4) is 0 Å². The molecule has 3 rings (SSSR count). The highest BCUT2D eigenvalue weighted by atomic mass is 16.5. The van der Waals surface area contributed by atoms with E-state index in [-0.39, 0.29) is 6.01 Å². The topological polar surface area (TPSA) is 70.5 Å². The van der Waals surface area contributed by atoms with Crippen molar-refractivity contribution in [2.24, 2.45) is 0 Å². The molecule has 0 unspecified atom stereocenters. The van der Waals surface area contributed by atoms with Crippen molar-refractivity contribution in [3.05, 3.63) is 24.5 Å². The summed E-state index contributed by atoms with van der Waals surface area (Å²) in [5.41, 5.74) is 7.04. The largest absolute Gasteiger partial charge is 0.490 e. The van der Waals surface area contributed by atoms with Gasteiger partial charge in [-0.05, 0) is 18.2 Å². The molecule has 1 aromatic carbocycles. The van der Waals surface area contributed by atoms with Crippen molar-refractivity contribution in [3.8, 4) is 22.8 Å². The van der Waals surface area contributed by atoms with Crippen molar-refractivity contribution < 1.29 is 13.9 Å². The van der Waals surface area contributed by atoms with E-state index < -0.39 is 0 Å². The number of nitrogens with zero attached hydrogens (tertiary/aromatic N) is 1. The molecule has 1 aromatic heterocycles. The van der Waals surface area contributed by atoms with Gasteiger partial charge in [-0.25, -0.2) is 0 Å². The van der Waals surface area contributed by atoms with Crippen LogP contribution in [-0.4, -0.2) is 18.2 Å². The Bertz CT molecular complexity index is 536. The molecule has 5 heteroatoms. The highest BCUT2D eigenvalue weighted by Crippen LogP contribution is 2.33. The summed E-state index contributed by atoms with van der Waals surface area (Å²) in [6, 6.07) is 5.83. The van der Waals surface area contributed by atoms with Crippen molar-refractivity contribution >= 4 is 6.01 Å². The van der Waals surface area contributed by atoms with Crippen LogP contribution < -0.4 is 15.2 Å². The van der Waals surface area contributed by atoms with E-state index in [1.54, 1.807) is 0 Å². The number of hydrogen-bond donors (Lipinski definition) is 1. The zero-order chi connectivity index (χ0) is 11.7. The molecule has 0 saturated carbocycles. The molecule has 1 aliphatic rings. The predicted octanol–water partition coefficient (Wildman–Crippen LogP) is 2.09. The fourth-order valence-electron chi connectivity index (χ4n) is 1.74. The number of fused-ring (bicyclic) bond motifs is 1. The molecule has 0 saturated heterocycles. The summed E-state index contributed by atoms with van der Waals surface area (Å²) in [6.45, 7) is 1.35. The van der Waals surface area contributed by atoms with E-state index in [1.807, 2.05) is 18.2 Å². The van der Waals surface area contributed by atoms with Crippen LogP contribution in [0.2, 0.25) is 0 Å². The number of nitrogen functional groups attached to an aromatic ring is 1. The minimum Gasteiger partial charge on any atom is -0.490 e. The minimum atomic E-state index is 0.159. The molecule has 1 aliphatic heterocycles. The molecule has 0 bridgehead atoms. The maximum atomic E-state index is 5.60. The van der Waals surface area contributed by atoms with E-state index in [9.17, 15) is 0 Å². The van der Waals surface area contributed by atoms with E-state index in [0.29, 0.717) is 18.9 Å². The molecule has 0 atom stereocenters. The van der Waals surface area contributed by atoms with Gasteiger partial charge in [-0.2, -0.15) is 4.98 Å². The molecule has 0 spiro atoms. The summed E-state index contributed by atoms with van der Waals surface area (Å²) in [7, 11) is 0. The van der Waals surface area contributed by atoms with Gasteiger partial charge in [-0.15, -0.1) is 0 Å². The number of anilines is 1. The Morgan fingerprint density at radius 3 is 2.71 bits per heavy atom. The Morgan fingerprint density at radius 2 is 1.94 bits per heavy atom. The molecule has 88 valence electrons. The van der Waals surface area contributed by atoms with E-state index in [0.717, 1.165) is 23.5 Å². The van der Waals surface area contributed by atoms with Crippen molar-refractivity contribution in [2.75, 3.05) is 18.9 Å². The molecule has 17 heavy (non-hydrogen) atoms. The maximum Gasteiger partial charge on any atom is 0.292 e. The van der Waals surface area contributed by atoms with Crippen LogP contribution in [-0.2, 0) is 0 Å². The van der Waals surface area contributed by atoms with E-state index in [1.165, 1.54) is 6.26 Å². The van der Waals surface area contributed by atoms with E-state index >= 15 is 0 Å². The summed E-state index contributed by atoms with van der Waals surface area (Å²) >= 11 is 0. The zero-order valence-electron chi connectivity index (χ0n) is 9.18. The number of rotatable bonds is 1. The van der Waals surface area contributed by atoms with Crippen LogP contribution in [0.5, 0.6) is 11.5 Å². The fraction of sp³-hybridized carbons (Fsp3) is 0.250. The second kappa shape index (κ2) is 4.01. The SMILES string of the molecule is Nc1nc(-c2ccc3c(c2)OCCCO3)co1. The van der Waals surface area contributed by atoms with Gasteiger partial charge in [-0.1, -0.05) is 0 Å². The minimum absolute atomic E-state index is 0.159. The van der Waals surface area contributed by atoms with Crippen LogP contribution >= 0.6 is 0 Å². The summed E-state index contributed by atoms with van der Waals surface area (Å²) in [5, 5.41) is 0. The number of nitrogens with two attached hydrogens (primary N) is 1. The normalized spacial score (nSPS) is 14.4. The zero-order valence-corrected chi connectivity index (χ0v) is 9.18. The van der Waals surface area contributed by atoms with Gasteiger partial charge in [0.25, 0.3) is 6.01 Å². The standard InChI is InChI=1S/C12H12N2O3/c13-12-14-9(7-17-12)8-2-3-10-11(6-8)16-5-1-4-15-10/h2-3,6-7H,1,4-5H2,(H2,13,14). The molecule has 0 radical (unpaired) electrons. The molecule has 2 N–H and O–H groups in total. The number of ether oxygens (including phenoxy) is 2. The van der Waals surface area contributed by atoms with Gasteiger partial charge in [0.05, 0.1) is 13.2 Å². The second-order valence-corrected chi connectivity index (χ2v) is 3.78. The molecule has 0 fully saturated rings. The first-order chi connectivity index (χ1) is 8.33. The Kier molecular flexibility index (Phi) is 2.36. The number of oxazole rings is 1. The first kappa shape index (κ1) is 10.0. The van der Waals surface area contributed by atoms with Crippen molar-refractivity contribution in [1.29, 1.82) is 0 Å². The third kappa shape index (κ3) is 1.91. The predicted molar refractivity (Wildman–Crippen MR) is 62.0 cm³/mol. The third-order valence-corrected chi connectivity index (χ3v) is 2.57. The molecular weight excluding hydrogens is 220 g/mol. The molecule has 5 nitrogen and oxygen atoms in total. The monoisotopic (exact) mass is 232 g/mol. The molecule has 2 aromatic rings. The highest BCUT2D eigenvalue weighted by molar-refractivity contribution is 5.64. The first-order valence-electron chi connectivity index (χ1n) is 5.44. The van der Waals surface area contributed by atoms with E-state index in [4.69, 9.17) is 19.6 Å². The third-order valence-electron chi connectivity index (χ3n) is 2.57. The first-order valence-corrected chi connectivity index (χ1v) is 5.44. The van der Waals surface area contributed by atoms with Crippen LogP contribution in [0.15, 0.2) is 28.9 Å². The van der Waals surface area contributed by atoms with Gasteiger partial charge < -0.3 is 19.6 Å². The summed E-state index contributed by atoms with van der Waals surface area (Å²) < 4.78 is 16.1. The Morgan fingerprint density at radius 1 is 1.12 bits per heavy atom. The van der Waals surface area contributed by atoms with Crippen LogP contribution in [0.4, 0.5) is 6.01 Å². The molecule has 0 aliphatic carbocycles.